The van der Waals surface area contributed by atoms with E-state index in [-0.39, 0.29) is 24.4 Å². The number of primary amides is 1. The van der Waals surface area contributed by atoms with Gasteiger partial charge in [0.05, 0.1) is 17.4 Å². The van der Waals surface area contributed by atoms with Crippen LogP contribution in [0.1, 0.15) is 18.9 Å². The molecule has 1 aromatic carbocycles. The number of hydrogen-bond acceptors (Lipinski definition) is 5. The third kappa shape index (κ3) is 3.07. The zero-order chi connectivity index (χ0) is 16.6. The lowest BCUT2D eigenvalue weighted by atomic mass is 10.2. The second-order valence-electron chi connectivity index (χ2n) is 5.74. The predicted octanol–water partition coefficient (Wildman–Crippen LogP) is 0.829. The number of likely N-dealkylation sites (tertiary alicyclic amines) is 1. The lowest BCUT2D eigenvalue weighted by Crippen LogP contribution is -2.44. The Kier molecular flexibility index (Phi) is 4.32. The van der Waals surface area contributed by atoms with Crippen LogP contribution in [0, 0.1) is 0 Å². The third-order valence-electron chi connectivity index (χ3n) is 4.07. The monoisotopic (exact) mass is 333 g/mol. The Morgan fingerprint density at radius 1 is 1.39 bits per heavy atom. The highest BCUT2D eigenvalue weighted by Crippen LogP contribution is 2.41. The first kappa shape index (κ1) is 15.9. The van der Waals surface area contributed by atoms with Gasteiger partial charge in [0.25, 0.3) is 5.91 Å². The second-order valence-corrected chi connectivity index (χ2v) is 6.81. The number of aliphatic hydroxyl groups is 1. The van der Waals surface area contributed by atoms with Gasteiger partial charge >= 0.3 is 0 Å². The number of thioether (sulfide) groups is 1. The van der Waals surface area contributed by atoms with Crippen molar-refractivity contribution in [3.05, 3.63) is 46.5 Å². The van der Waals surface area contributed by atoms with Crippen LogP contribution >= 0.6 is 11.8 Å². The van der Waals surface area contributed by atoms with Crippen molar-refractivity contribution in [2.24, 2.45) is 5.73 Å². The maximum atomic E-state index is 12.1. The minimum absolute atomic E-state index is 0.105. The lowest BCUT2D eigenvalue weighted by molar-refractivity contribution is -0.130. The number of amides is 2. The Bertz CT molecular complexity index is 662. The van der Waals surface area contributed by atoms with Crippen molar-refractivity contribution >= 4 is 23.6 Å². The van der Waals surface area contributed by atoms with Gasteiger partial charge < -0.3 is 20.6 Å². The minimum atomic E-state index is -0.653. The summed E-state index contributed by atoms with van der Waals surface area (Å²) in [6.07, 6.45) is -0.527. The van der Waals surface area contributed by atoms with Crippen LogP contribution in [0.5, 0.6) is 0 Å². The first-order valence-electron chi connectivity index (χ1n) is 7.43. The Morgan fingerprint density at radius 2 is 2.09 bits per heavy atom. The maximum absolute atomic E-state index is 12.1. The summed E-state index contributed by atoms with van der Waals surface area (Å²) in [5, 5.41) is 9.75. The Morgan fingerprint density at radius 3 is 2.65 bits per heavy atom. The summed E-state index contributed by atoms with van der Waals surface area (Å²) < 4.78 is 0. The Balaban J connectivity index is 1.89. The van der Waals surface area contributed by atoms with Crippen molar-refractivity contribution in [2.45, 2.75) is 31.5 Å². The summed E-state index contributed by atoms with van der Waals surface area (Å²) in [5.74, 6) is -0.591. The number of nitrogens with zero attached hydrogens (tertiary/aromatic N) is 2. The van der Waals surface area contributed by atoms with Gasteiger partial charge in [-0.2, -0.15) is 0 Å². The van der Waals surface area contributed by atoms with E-state index in [0.717, 1.165) is 11.3 Å². The summed E-state index contributed by atoms with van der Waals surface area (Å²) in [7, 11) is 0. The molecule has 3 rings (SSSR count). The van der Waals surface area contributed by atoms with E-state index < -0.39 is 12.0 Å². The van der Waals surface area contributed by atoms with Crippen LogP contribution in [-0.2, 0) is 16.1 Å². The van der Waals surface area contributed by atoms with E-state index in [2.05, 4.69) is 0 Å². The topological polar surface area (TPSA) is 86.9 Å². The van der Waals surface area contributed by atoms with Gasteiger partial charge in [-0.15, -0.1) is 0 Å². The van der Waals surface area contributed by atoms with Gasteiger partial charge in [-0.1, -0.05) is 42.1 Å². The molecule has 2 amide bonds. The minimum Gasteiger partial charge on any atom is -0.391 e. The summed E-state index contributed by atoms with van der Waals surface area (Å²) in [4.78, 5) is 27.9. The molecule has 0 saturated carbocycles. The summed E-state index contributed by atoms with van der Waals surface area (Å²) >= 11 is 1.28. The van der Waals surface area contributed by atoms with Crippen molar-refractivity contribution in [1.82, 2.24) is 9.80 Å². The molecule has 1 fully saturated rings. The molecule has 2 aliphatic rings. The SMILES string of the molecule is CC1=C(C(N)=O)S[C@H](N2CC(O)CC2=O)N1Cc1ccccc1. The molecule has 1 saturated heterocycles. The highest BCUT2D eigenvalue weighted by atomic mass is 32.2. The van der Waals surface area contributed by atoms with E-state index in [4.69, 9.17) is 5.73 Å². The number of benzene rings is 1. The smallest absolute Gasteiger partial charge is 0.257 e. The van der Waals surface area contributed by atoms with Gasteiger partial charge in [-0.25, -0.2) is 0 Å². The average Bonchev–Trinajstić information content (AvgIpc) is 3.00. The quantitative estimate of drug-likeness (QED) is 0.852. The van der Waals surface area contributed by atoms with Crippen molar-refractivity contribution in [3.8, 4) is 0 Å². The van der Waals surface area contributed by atoms with Gasteiger partial charge in [-0.05, 0) is 12.5 Å². The molecule has 0 radical (unpaired) electrons. The van der Waals surface area contributed by atoms with Crippen molar-refractivity contribution in [2.75, 3.05) is 6.54 Å². The van der Waals surface area contributed by atoms with E-state index >= 15 is 0 Å². The fraction of sp³-hybridized carbons (Fsp3) is 0.375. The largest absolute Gasteiger partial charge is 0.391 e. The fourth-order valence-corrected chi connectivity index (χ4v) is 4.23. The first-order valence-corrected chi connectivity index (χ1v) is 8.30. The summed E-state index contributed by atoms with van der Waals surface area (Å²) in [5.41, 5.74) is 6.97. The molecule has 2 heterocycles. The molecule has 7 heteroatoms. The number of aliphatic hydroxyl groups excluding tert-OH is 1. The van der Waals surface area contributed by atoms with E-state index in [1.165, 1.54) is 11.8 Å². The molecule has 0 aromatic heterocycles. The normalized spacial score (nSPS) is 24.7. The number of β-amino-alcohol motifs (C(OH)–C–C–N with tert-alkyl or cyclic N) is 1. The number of allylic oxidation sites excluding steroid dienone is 1. The van der Waals surface area contributed by atoms with Crippen molar-refractivity contribution in [3.63, 3.8) is 0 Å². The zero-order valence-electron chi connectivity index (χ0n) is 12.8. The van der Waals surface area contributed by atoms with Gasteiger partial charge in [0.1, 0.15) is 0 Å². The van der Waals surface area contributed by atoms with E-state index in [9.17, 15) is 14.7 Å². The molecule has 2 aliphatic heterocycles. The number of nitrogens with two attached hydrogens (primary N) is 1. The number of carbonyl (C=O) groups is 2. The highest BCUT2D eigenvalue weighted by Gasteiger charge is 2.42. The van der Waals surface area contributed by atoms with Crippen LogP contribution in [0.2, 0.25) is 0 Å². The molecule has 2 atom stereocenters. The Labute approximate surface area is 138 Å². The molecule has 6 nitrogen and oxygen atoms in total. The van der Waals surface area contributed by atoms with E-state index in [1.54, 1.807) is 4.90 Å². The Hall–Kier alpha value is -1.99. The summed E-state index contributed by atoms with van der Waals surface area (Å²) in [6.45, 7) is 2.69. The van der Waals surface area contributed by atoms with Crippen LogP contribution in [0.3, 0.4) is 0 Å². The second kappa shape index (κ2) is 6.25. The van der Waals surface area contributed by atoms with Crippen LogP contribution < -0.4 is 5.73 Å². The molecular formula is C16H19N3O3S. The molecule has 1 unspecified atom stereocenters. The highest BCUT2D eigenvalue weighted by molar-refractivity contribution is 8.04. The number of hydrogen-bond donors (Lipinski definition) is 2. The molecule has 3 N–H and O–H groups in total. The molecule has 122 valence electrons. The standard InChI is InChI=1S/C16H19N3O3S/c1-10-14(15(17)22)23-16(19-9-12(20)7-13(19)21)18(10)8-11-5-3-2-4-6-11/h2-6,12,16,20H,7-9H2,1H3,(H2,17,22)/t12?,16-/m0/s1. The van der Waals surface area contributed by atoms with E-state index in [0.29, 0.717) is 11.4 Å². The molecule has 0 bridgehead atoms. The van der Waals surface area contributed by atoms with Crippen LogP contribution in [0.25, 0.3) is 0 Å². The van der Waals surface area contributed by atoms with Crippen LogP contribution in [-0.4, -0.2) is 44.9 Å². The summed E-state index contributed by atoms with van der Waals surface area (Å²) in [6, 6.07) is 9.84. The zero-order valence-corrected chi connectivity index (χ0v) is 13.6. The van der Waals surface area contributed by atoms with Gasteiger partial charge in [0.15, 0.2) is 5.50 Å². The number of rotatable bonds is 4. The van der Waals surface area contributed by atoms with Gasteiger partial charge in [0.2, 0.25) is 5.91 Å². The lowest BCUT2D eigenvalue weighted by Gasteiger charge is -2.34. The maximum Gasteiger partial charge on any atom is 0.257 e. The number of carbonyl (C=O) groups excluding carboxylic acids is 2. The molecular weight excluding hydrogens is 314 g/mol. The van der Waals surface area contributed by atoms with Crippen LogP contribution in [0.15, 0.2) is 40.9 Å². The van der Waals surface area contributed by atoms with Crippen LogP contribution in [0.4, 0.5) is 0 Å². The molecule has 0 spiro atoms. The molecule has 23 heavy (non-hydrogen) atoms. The van der Waals surface area contributed by atoms with Crippen molar-refractivity contribution in [1.29, 1.82) is 0 Å². The molecule has 0 aliphatic carbocycles. The van der Waals surface area contributed by atoms with Crippen molar-refractivity contribution < 1.29 is 14.7 Å². The van der Waals surface area contributed by atoms with Gasteiger partial charge in [-0.3, -0.25) is 9.59 Å². The first-order chi connectivity index (χ1) is 11.0. The molecule has 1 aromatic rings. The fourth-order valence-electron chi connectivity index (χ4n) is 2.92. The van der Waals surface area contributed by atoms with E-state index in [1.807, 2.05) is 42.2 Å². The third-order valence-corrected chi connectivity index (χ3v) is 5.53. The van der Waals surface area contributed by atoms with Gasteiger partial charge in [0, 0.05) is 18.8 Å². The predicted molar refractivity (Wildman–Crippen MR) is 87.6 cm³/mol. The average molecular weight is 333 g/mol.